The van der Waals surface area contributed by atoms with Crippen LogP contribution in [0.5, 0.6) is 0 Å². The molecule has 27 heavy (non-hydrogen) atoms. The summed E-state index contributed by atoms with van der Waals surface area (Å²) in [5, 5.41) is 6.42. The van der Waals surface area contributed by atoms with E-state index in [1.54, 1.807) is 0 Å². The van der Waals surface area contributed by atoms with Gasteiger partial charge in [-0.1, -0.05) is 51.5 Å². The molecule has 0 heterocycles. The number of anilines is 2. The molecule has 0 spiro atoms. The molecule has 2 unspecified atom stereocenters. The molecule has 4 nitrogen and oxygen atoms in total. The average Bonchev–Trinajstić information content (AvgIpc) is 2.94. The van der Waals surface area contributed by atoms with E-state index in [-0.39, 0.29) is 17.5 Å². The highest BCUT2D eigenvalue weighted by atomic mass is 16.2. The van der Waals surface area contributed by atoms with Crippen LogP contribution in [0.1, 0.15) is 71.1 Å². The summed E-state index contributed by atoms with van der Waals surface area (Å²) in [4.78, 5) is 14.8. The summed E-state index contributed by atoms with van der Waals surface area (Å²) >= 11 is 0. The first kappa shape index (κ1) is 20.0. The van der Waals surface area contributed by atoms with Crippen LogP contribution >= 0.6 is 0 Å². The van der Waals surface area contributed by atoms with Crippen molar-refractivity contribution in [1.82, 2.24) is 5.32 Å². The van der Waals surface area contributed by atoms with Crippen LogP contribution in [0.3, 0.4) is 0 Å². The van der Waals surface area contributed by atoms with Gasteiger partial charge in [0.15, 0.2) is 0 Å². The third-order valence-corrected chi connectivity index (χ3v) is 6.97. The summed E-state index contributed by atoms with van der Waals surface area (Å²) in [5.41, 5.74) is 2.19. The Hall–Kier alpha value is -1.71. The molecule has 2 N–H and O–H groups in total. The fourth-order valence-electron chi connectivity index (χ4n) is 5.21. The Morgan fingerprint density at radius 3 is 2.44 bits per heavy atom. The molecule has 0 radical (unpaired) electrons. The van der Waals surface area contributed by atoms with E-state index in [0.29, 0.717) is 0 Å². The average molecular weight is 372 g/mol. The number of urea groups is 1. The quantitative estimate of drug-likeness (QED) is 0.658. The zero-order valence-electron chi connectivity index (χ0n) is 17.4. The molecule has 0 aliphatic heterocycles. The lowest BCUT2D eigenvalue weighted by molar-refractivity contribution is 0.0658. The number of amides is 2. The molecule has 4 heteroatoms. The molecule has 150 valence electrons. The summed E-state index contributed by atoms with van der Waals surface area (Å²) < 4.78 is 0. The third-order valence-electron chi connectivity index (χ3n) is 6.97. The van der Waals surface area contributed by atoms with Crippen molar-refractivity contribution in [3.05, 3.63) is 24.3 Å². The van der Waals surface area contributed by atoms with E-state index >= 15 is 0 Å². The maximum Gasteiger partial charge on any atom is 0.319 e. The smallest absolute Gasteiger partial charge is 0.319 e. The minimum Gasteiger partial charge on any atom is -0.378 e. The van der Waals surface area contributed by atoms with Gasteiger partial charge in [-0.3, -0.25) is 0 Å². The van der Waals surface area contributed by atoms with Gasteiger partial charge >= 0.3 is 6.03 Å². The second-order valence-corrected chi connectivity index (χ2v) is 9.04. The van der Waals surface area contributed by atoms with Crippen molar-refractivity contribution in [2.24, 2.45) is 11.3 Å². The first-order valence-electron chi connectivity index (χ1n) is 10.8. The van der Waals surface area contributed by atoms with Crippen molar-refractivity contribution in [1.29, 1.82) is 0 Å². The van der Waals surface area contributed by atoms with Gasteiger partial charge in [-0.2, -0.15) is 0 Å². The third kappa shape index (κ3) is 4.97. The maximum atomic E-state index is 12.8. The van der Waals surface area contributed by atoms with E-state index in [0.717, 1.165) is 23.7 Å². The molecule has 2 fully saturated rings. The van der Waals surface area contributed by atoms with Gasteiger partial charge in [0.2, 0.25) is 0 Å². The SMILES string of the molecule is CN(C)c1cccc(NC(=O)NC2CCCCC2(C)C2CCCCCC2)c1. The zero-order valence-corrected chi connectivity index (χ0v) is 17.4. The molecular weight excluding hydrogens is 334 g/mol. The van der Waals surface area contributed by atoms with Gasteiger partial charge in [-0.15, -0.1) is 0 Å². The highest BCUT2D eigenvalue weighted by molar-refractivity contribution is 5.90. The van der Waals surface area contributed by atoms with Crippen LogP contribution in [0.25, 0.3) is 0 Å². The Labute approximate surface area is 165 Å². The minimum absolute atomic E-state index is 0.0577. The van der Waals surface area contributed by atoms with E-state index in [2.05, 4.69) is 17.6 Å². The van der Waals surface area contributed by atoms with E-state index in [1.165, 1.54) is 57.8 Å². The van der Waals surface area contributed by atoms with Crippen LogP contribution in [-0.2, 0) is 0 Å². The highest BCUT2D eigenvalue weighted by Crippen LogP contribution is 2.47. The first-order chi connectivity index (χ1) is 13.0. The molecule has 3 rings (SSSR count). The zero-order chi connectivity index (χ0) is 19.3. The second kappa shape index (κ2) is 8.99. The number of carbonyl (C=O) groups is 1. The van der Waals surface area contributed by atoms with Gasteiger partial charge in [-0.05, 0) is 55.2 Å². The van der Waals surface area contributed by atoms with Crippen molar-refractivity contribution in [2.75, 3.05) is 24.3 Å². The van der Waals surface area contributed by atoms with Crippen LogP contribution in [0.4, 0.5) is 16.2 Å². The summed E-state index contributed by atoms with van der Waals surface area (Å²) in [6.45, 7) is 2.44. The predicted molar refractivity (Wildman–Crippen MR) is 114 cm³/mol. The Kier molecular flexibility index (Phi) is 6.67. The number of nitrogens with one attached hydrogen (secondary N) is 2. The molecule has 0 saturated heterocycles. The van der Waals surface area contributed by atoms with Gasteiger partial charge in [-0.25, -0.2) is 4.79 Å². The lowest BCUT2D eigenvalue weighted by atomic mass is 9.62. The largest absolute Gasteiger partial charge is 0.378 e. The molecule has 1 aromatic carbocycles. The highest BCUT2D eigenvalue weighted by Gasteiger charge is 2.43. The molecule has 2 aliphatic carbocycles. The fourth-order valence-corrected chi connectivity index (χ4v) is 5.21. The summed E-state index contributed by atoms with van der Waals surface area (Å²) in [7, 11) is 4.03. The van der Waals surface area contributed by atoms with Gasteiger partial charge in [0, 0.05) is 31.5 Å². The Morgan fingerprint density at radius 1 is 1.04 bits per heavy atom. The maximum absolute atomic E-state index is 12.8. The predicted octanol–water partition coefficient (Wildman–Crippen LogP) is 5.79. The molecule has 2 atom stereocenters. The van der Waals surface area contributed by atoms with E-state index in [4.69, 9.17) is 0 Å². The Morgan fingerprint density at radius 2 is 1.74 bits per heavy atom. The molecule has 0 bridgehead atoms. The molecule has 2 amide bonds. The number of benzene rings is 1. The van der Waals surface area contributed by atoms with Gasteiger partial charge in [0.05, 0.1) is 0 Å². The summed E-state index contributed by atoms with van der Waals surface area (Å²) in [6.07, 6.45) is 13.0. The van der Waals surface area contributed by atoms with Crippen molar-refractivity contribution >= 4 is 17.4 Å². The molecule has 1 aromatic rings. The van der Waals surface area contributed by atoms with Crippen LogP contribution < -0.4 is 15.5 Å². The van der Waals surface area contributed by atoms with Crippen molar-refractivity contribution < 1.29 is 4.79 Å². The fraction of sp³-hybridized carbons (Fsp3) is 0.696. The lowest BCUT2D eigenvalue weighted by Crippen LogP contribution is -2.52. The standard InChI is InChI=1S/C23H37N3O/c1-23(18-11-6-4-5-7-12-18)16-9-8-15-21(23)25-22(27)24-19-13-10-14-20(17-19)26(2)3/h10,13-14,17-18,21H,4-9,11-12,15-16H2,1-3H3,(H2,24,25,27). The number of nitrogens with zero attached hydrogens (tertiary/aromatic N) is 1. The minimum atomic E-state index is -0.0577. The normalized spacial score (nSPS) is 26.9. The van der Waals surface area contributed by atoms with Crippen LogP contribution in [0.15, 0.2) is 24.3 Å². The van der Waals surface area contributed by atoms with Gasteiger partial charge < -0.3 is 15.5 Å². The summed E-state index contributed by atoms with van der Waals surface area (Å²) in [6, 6.07) is 8.24. The number of hydrogen-bond donors (Lipinski definition) is 2. The van der Waals surface area contributed by atoms with E-state index in [1.807, 2.05) is 43.3 Å². The van der Waals surface area contributed by atoms with Crippen LogP contribution in [0, 0.1) is 11.3 Å². The van der Waals surface area contributed by atoms with Gasteiger partial charge in [0.25, 0.3) is 0 Å². The molecule has 2 saturated carbocycles. The van der Waals surface area contributed by atoms with E-state index < -0.39 is 0 Å². The number of rotatable bonds is 4. The molecular formula is C23H37N3O. The molecule has 2 aliphatic rings. The van der Waals surface area contributed by atoms with Crippen molar-refractivity contribution in [3.8, 4) is 0 Å². The second-order valence-electron chi connectivity index (χ2n) is 9.04. The number of carbonyl (C=O) groups excluding carboxylic acids is 1. The van der Waals surface area contributed by atoms with E-state index in [9.17, 15) is 4.79 Å². The Bertz CT molecular complexity index is 622. The van der Waals surface area contributed by atoms with Crippen molar-refractivity contribution in [2.45, 2.75) is 77.2 Å². The topological polar surface area (TPSA) is 44.4 Å². The monoisotopic (exact) mass is 371 g/mol. The number of hydrogen-bond acceptors (Lipinski definition) is 2. The Balaban J connectivity index is 1.66. The van der Waals surface area contributed by atoms with Gasteiger partial charge in [0.1, 0.15) is 0 Å². The summed E-state index contributed by atoms with van der Waals surface area (Å²) in [5.74, 6) is 0.752. The van der Waals surface area contributed by atoms with Crippen LogP contribution in [0.2, 0.25) is 0 Å². The van der Waals surface area contributed by atoms with Crippen molar-refractivity contribution in [3.63, 3.8) is 0 Å². The lowest BCUT2D eigenvalue weighted by Gasteiger charge is -2.47. The first-order valence-corrected chi connectivity index (χ1v) is 10.8. The van der Waals surface area contributed by atoms with Crippen LogP contribution in [-0.4, -0.2) is 26.2 Å². The molecule has 0 aromatic heterocycles.